The maximum absolute atomic E-state index is 13.3. The van der Waals surface area contributed by atoms with Crippen LogP contribution in [0.1, 0.15) is 16.2 Å². The van der Waals surface area contributed by atoms with E-state index >= 15 is 0 Å². The summed E-state index contributed by atoms with van der Waals surface area (Å²) in [6.07, 6.45) is 1.67. The SMILES string of the molecule is COc1ccc(-c2cnn3c(C)c(C(=O)Nc4ccc(F)c(Cl)c4)nnc23)cc1. The molecule has 2 aromatic carbocycles. The molecule has 0 fully saturated rings. The lowest BCUT2D eigenvalue weighted by Gasteiger charge is -2.08. The van der Waals surface area contributed by atoms with Crippen molar-refractivity contribution in [2.24, 2.45) is 0 Å². The fraction of sp³-hybridized carbons (Fsp3) is 0.100. The van der Waals surface area contributed by atoms with E-state index in [1.54, 1.807) is 24.7 Å². The molecule has 4 rings (SSSR count). The number of ether oxygens (including phenoxy) is 1. The Balaban J connectivity index is 1.67. The monoisotopic (exact) mass is 411 g/mol. The van der Waals surface area contributed by atoms with Crippen LogP contribution in [0.5, 0.6) is 5.75 Å². The molecule has 1 amide bonds. The van der Waals surface area contributed by atoms with E-state index in [9.17, 15) is 9.18 Å². The Morgan fingerprint density at radius 3 is 2.62 bits per heavy atom. The number of anilines is 1. The van der Waals surface area contributed by atoms with E-state index in [1.807, 2.05) is 24.3 Å². The number of aryl methyl sites for hydroxylation is 1. The maximum atomic E-state index is 13.3. The molecule has 0 aliphatic rings. The highest BCUT2D eigenvalue weighted by molar-refractivity contribution is 6.31. The molecule has 0 aliphatic carbocycles. The van der Waals surface area contributed by atoms with Crippen molar-refractivity contribution in [1.82, 2.24) is 19.8 Å². The Kier molecular flexibility index (Phi) is 4.85. The fourth-order valence-electron chi connectivity index (χ4n) is 2.90. The van der Waals surface area contributed by atoms with Gasteiger partial charge in [-0.15, -0.1) is 10.2 Å². The van der Waals surface area contributed by atoms with Crippen LogP contribution in [0.25, 0.3) is 16.8 Å². The average Bonchev–Trinajstić information content (AvgIpc) is 3.16. The van der Waals surface area contributed by atoms with Gasteiger partial charge in [0.25, 0.3) is 5.91 Å². The van der Waals surface area contributed by atoms with Crippen molar-refractivity contribution in [3.8, 4) is 16.9 Å². The normalized spacial score (nSPS) is 10.9. The van der Waals surface area contributed by atoms with Gasteiger partial charge in [-0.3, -0.25) is 4.79 Å². The van der Waals surface area contributed by atoms with Gasteiger partial charge in [0.1, 0.15) is 11.6 Å². The highest BCUT2D eigenvalue weighted by Crippen LogP contribution is 2.26. The second-order valence-electron chi connectivity index (χ2n) is 6.24. The number of hydrogen-bond acceptors (Lipinski definition) is 5. The average molecular weight is 412 g/mol. The van der Waals surface area contributed by atoms with Crippen LogP contribution in [-0.2, 0) is 0 Å². The number of fused-ring (bicyclic) bond motifs is 1. The van der Waals surface area contributed by atoms with E-state index in [-0.39, 0.29) is 10.7 Å². The first kappa shape index (κ1) is 18.8. The predicted molar refractivity (Wildman–Crippen MR) is 107 cm³/mol. The van der Waals surface area contributed by atoms with Crippen LogP contribution >= 0.6 is 11.6 Å². The van der Waals surface area contributed by atoms with Gasteiger partial charge >= 0.3 is 0 Å². The summed E-state index contributed by atoms with van der Waals surface area (Å²) in [5.41, 5.74) is 3.16. The minimum Gasteiger partial charge on any atom is -0.497 e. The molecule has 0 unspecified atom stereocenters. The molecule has 0 aliphatic heterocycles. The Morgan fingerprint density at radius 2 is 1.93 bits per heavy atom. The van der Waals surface area contributed by atoms with E-state index in [2.05, 4.69) is 20.6 Å². The topological polar surface area (TPSA) is 81.4 Å². The third kappa shape index (κ3) is 3.50. The minimum absolute atomic E-state index is 0.0859. The van der Waals surface area contributed by atoms with Crippen molar-refractivity contribution in [3.05, 3.63) is 70.9 Å². The van der Waals surface area contributed by atoms with Gasteiger partial charge in [-0.2, -0.15) is 5.10 Å². The van der Waals surface area contributed by atoms with Gasteiger partial charge in [0.05, 0.1) is 24.0 Å². The van der Waals surface area contributed by atoms with Gasteiger partial charge in [-0.25, -0.2) is 8.91 Å². The standard InChI is InChI=1S/C20H15ClFN5O2/c1-11-18(20(28)24-13-5-8-17(22)16(21)9-13)25-26-19-15(10-23-27(11)19)12-3-6-14(29-2)7-4-12/h3-10H,1-2H3,(H,24,28). The summed E-state index contributed by atoms with van der Waals surface area (Å²) in [5, 5.41) is 15.2. The Labute approximate surface area is 170 Å². The van der Waals surface area contributed by atoms with Gasteiger partial charge in [0.15, 0.2) is 11.3 Å². The van der Waals surface area contributed by atoms with Crippen molar-refractivity contribution in [3.63, 3.8) is 0 Å². The molecule has 7 nitrogen and oxygen atoms in total. The zero-order valence-corrected chi connectivity index (χ0v) is 16.2. The van der Waals surface area contributed by atoms with Crippen LogP contribution in [0.3, 0.4) is 0 Å². The molecule has 9 heteroatoms. The number of nitrogens with one attached hydrogen (secondary N) is 1. The third-order valence-corrected chi connectivity index (χ3v) is 4.73. The highest BCUT2D eigenvalue weighted by atomic mass is 35.5. The number of aromatic nitrogens is 4. The van der Waals surface area contributed by atoms with Crippen LogP contribution in [0, 0.1) is 12.7 Å². The molecule has 29 heavy (non-hydrogen) atoms. The lowest BCUT2D eigenvalue weighted by molar-refractivity contribution is 0.102. The van der Waals surface area contributed by atoms with Crippen LogP contribution in [0.15, 0.2) is 48.7 Å². The number of amides is 1. The summed E-state index contributed by atoms with van der Waals surface area (Å²) < 4.78 is 20.0. The smallest absolute Gasteiger partial charge is 0.278 e. The third-order valence-electron chi connectivity index (χ3n) is 4.44. The van der Waals surface area contributed by atoms with Crippen molar-refractivity contribution in [2.45, 2.75) is 6.92 Å². The second kappa shape index (κ2) is 7.48. The van der Waals surface area contributed by atoms with Gasteiger partial charge < -0.3 is 10.1 Å². The summed E-state index contributed by atoms with van der Waals surface area (Å²) >= 11 is 5.76. The number of carbonyl (C=O) groups excluding carboxylic acids is 1. The molecule has 2 aromatic heterocycles. The zero-order chi connectivity index (χ0) is 20.5. The molecule has 0 saturated carbocycles. The van der Waals surface area contributed by atoms with E-state index in [4.69, 9.17) is 16.3 Å². The molecule has 0 radical (unpaired) electrons. The molecular formula is C20H15ClFN5O2. The molecular weight excluding hydrogens is 397 g/mol. The van der Waals surface area contributed by atoms with E-state index < -0.39 is 11.7 Å². The molecule has 146 valence electrons. The molecule has 0 atom stereocenters. The van der Waals surface area contributed by atoms with Crippen molar-refractivity contribution in [1.29, 1.82) is 0 Å². The van der Waals surface area contributed by atoms with Gasteiger partial charge in [0, 0.05) is 11.3 Å². The lowest BCUT2D eigenvalue weighted by Crippen LogP contribution is -2.18. The Morgan fingerprint density at radius 1 is 1.17 bits per heavy atom. The first-order valence-electron chi connectivity index (χ1n) is 8.60. The zero-order valence-electron chi connectivity index (χ0n) is 15.5. The maximum Gasteiger partial charge on any atom is 0.278 e. The Bertz CT molecular complexity index is 1220. The van der Waals surface area contributed by atoms with Gasteiger partial charge in [-0.1, -0.05) is 23.7 Å². The van der Waals surface area contributed by atoms with E-state index in [0.29, 0.717) is 17.0 Å². The summed E-state index contributed by atoms with van der Waals surface area (Å²) in [4.78, 5) is 12.6. The largest absolute Gasteiger partial charge is 0.497 e. The first-order chi connectivity index (χ1) is 14.0. The molecule has 1 N–H and O–H groups in total. The molecule has 0 bridgehead atoms. The fourth-order valence-corrected chi connectivity index (χ4v) is 3.08. The van der Waals surface area contributed by atoms with Crippen molar-refractivity contribution in [2.75, 3.05) is 12.4 Å². The minimum atomic E-state index is -0.565. The number of methoxy groups -OCH3 is 1. The number of benzene rings is 2. The Hall–Kier alpha value is -3.52. The second-order valence-corrected chi connectivity index (χ2v) is 6.65. The summed E-state index contributed by atoms with van der Waals surface area (Å²) in [5.74, 6) is -0.321. The van der Waals surface area contributed by atoms with Crippen LogP contribution in [0.4, 0.5) is 10.1 Å². The quantitative estimate of drug-likeness (QED) is 0.545. The number of nitrogens with zero attached hydrogens (tertiary/aromatic N) is 4. The summed E-state index contributed by atoms with van der Waals surface area (Å²) in [7, 11) is 1.60. The van der Waals surface area contributed by atoms with Crippen LogP contribution in [0.2, 0.25) is 5.02 Å². The number of rotatable bonds is 4. The van der Waals surface area contributed by atoms with E-state index in [0.717, 1.165) is 16.9 Å². The lowest BCUT2D eigenvalue weighted by atomic mass is 10.1. The number of halogens is 2. The van der Waals surface area contributed by atoms with Gasteiger partial charge in [0.2, 0.25) is 0 Å². The molecule has 0 saturated heterocycles. The summed E-state index contributed by atoms with van der Waals surface area (Å²) in [6, 6.07) is 11.4. The predicted octanol–water partition coefficient (Wildman–Crippen LogP) is 4.15. The van der Waals surface area contributed by atoms with Gasteiger partial charge in [-0.05, 0) is 42.8 Å². The van der Waals surface area contributed by atoms with Crippen molar-refractivity contribution < 1.29 is 13.9 Å². The van der Waals surface area contributed by atoms with E-state index in [1.165, 1.54) is 18.2 Å². The van der Waals surface area contributed by atoms with Crippen LogP contribution in [-0.4, -0.2) is 32.8 Å². The van der Waals surface area contributed by atoms with Crippen molar-refractivity contribution >= 4 is 28.8 Å². The summed E-state index contributed by atoms with van der Waals surface area (Å²) in [6.45, 7) is 1.72. The number of carbonyl (C=O) groups is 1. The molecule has 4 aromatic rings. The first-order valence-corrected chi connectivity index (χ1v) is 8.97. The molecule has 2 heterocycles. The molecule has 0 spiro atoms. The number of hydrogen-bond donors (Lipinski definition) is 1. The highest BCUT2D eigenvalue weighted by Gasteiger charge is 2.18. The van der Waals surface area contributed by atoms with Crippen LogP contribution < -0.4 is 10.1 Å².